The third-order valence-corrected chi connectivity index (χ3v) is 4.65. The number of H-pyrrole nitrogens is 1. The molecule has 1 aromatic heterocycles. The summed E-state index contributed by atoms with van der Waals surface area (Å²) in [4.78, 5) is 27.7. The standard InChI is InChI=1S/C23H26N2O4/c1-14(2)20-21(26)24-23(27)25(13-17-7-6-8-18(12-17)28-5)22(20)29-19-10-15(3)9-16(4)11-19/h6-12,14H,13H2,1-5H3,(H,24,26,27). The molecular weight excluding hydrogens is 368 g/mol. The molecule has 1 N–H and O–H groups in total. The molecule has 0 radical (unpaired) electrons. The Morgan fingerprint density at radius 2 is 1.69 bits per heavy atom. The van der Waals surface area contributed by atoms with Crippen molar-refractivity contribution in [1.29, 1.82) is 0 Å². The molecule has 0 saturated carbocycles. The number of hydrogen-bond donors (Lipinski definition) is 1. The van der Waals surface area contributed by atoms with E-state index in [1.165, 1.54) is 4.57 Å². The summed E-state index contributed by atoms with van der Waals surface area (Å²) in [6.07, 6.45) is 0. The molecule has 0 aliphatic carbocycles. The summed E-state index contributed by atoms with van der Waals surface area (Å²) in [6, 6.07) is 13.3. The van der Waals surface area contributed by atoms with Crippen LogP contribution in [0.25, 0.3) is 0 Å². The zero-order valence-corrected chi connectivity index (χ0v) is 17.4. The summed E-state index contributed by atoms with van der Waals surface area (Å²) in [5, 5.41) is 0. The number of nitrogens with one attached hydrogen (secondary N) is 1. The highest BCUT2D eigenvalue weighted by Crippen LogP contribution is 2.29. The lowest BCUT2D eigenvalue weighted by Crippen LogP contribution is -2.34. The third-order valence-electron chi connectivity index (χ3n) is 4.65. The van der Waals surface area contributed by atoms with Gasteiger partial charge in [0.25, 0.3) is 5.56 Å². The van der Waals surface area contributed by atoms with E-state index in [-0.39, 0.29) is 18.3 Å². The highest BCUT2D eigenvalue weighted by atomic mass is 16.5. The first-order chi connectivity index (χ1) is 13.8. The van der Waals surface area contributed by atoms with Crippen LogP contribution in [0.1, 0.15) is 42.0 Å². The monoisotopic (exact) mass is 394 g/mol. The fraction of sp³-hybridized carbons (Fsp3) is 0.304. The highest BCUT2D eigenvalue weighted by Gasteiger charge is 2.20. The van der Waals surface area contributed by atoms with Gasteiger partial charge in [-0.3, -0.25) is 14.3 Å². The molecule has 2 aromatic carbocycles. The van der Waals surface area contributed by atoms with E-state index in [9.17, 15) is 9.59 Å². The zero-order chi connectivity index (χ0) is 21.1. The number of aromatic amines is 1. The van der Waals surface area contributed by atoms with Crippen molar-refractivity contribution in [3.63, 3.8) is 0 Å². The maximum absolute atomic E-state index is 12.7. The number of aryl methyl sites for hydroxylation is 2. The van der Waals surface area contributed by atoms with Gasteiger partial charge in [0.15, 0.2) is 0 Å². The Kier molecular flexibility index (Phi) is 5.92. The van der Waals surface area contributed by atoms with Gasteiger partial charge in [-0.1, -0.05) is 32.0 Å². The predicted molar refractivity (Wildman–Crippen MR) is 113 cm³/mol. The normalized spacial score (nSPS) is 11.0. The lowest BCUT2D eigenvalue weighted by molar-refractivity contribution is 0.406. The second-order valence-electron chi connectivity index (χ2n) is 7.50. The van der Waals surface area contributed by atoms with Gasteiger partial charge in [0.2, 0.25) is 5.88 Å². The molecule has 1 heterocycles. The summed E-state index contributed by atoms with van der Waals surface area (Å²) in [5.74, 6) is 1.42. The molecular formula is C23H26N2O4. The Morgan fingerprint density at radius 3 is 2.31 bits per heavy atom. The smallest absolute Gasteiger partial charge is 0.331 e. The minimum Gasteiger partial charge on any atom is -0.497 e. The van der Waals surface area contributed by atoms with Crippen LogP contribution in [0.2, 0.25) is 0 Å². The van der Waals surface area contributed by atoms with E-state index in [0.29, 0.717) is 17.1 Å². The first-order valence-corrected chi connectivity index (χ1v) is 9.54. The molecule has 0 amide bonds. The van der Waals surface area contributed by atoms with Gasteiger partial charge in [0.05, 0.1) is 19.2 Å². The van der Waals surface area contributed by atoms with Gasteiger partial charge in [-0.25, -0.2) is 4.79 Å². The Bertz CT molecular complexity index is 1120. The SMILES string of the molecule is COc1cccc(Cn2c(Oc3cc(C)cc(C)c3)c(C(C)C)c(=O)[nH]c2=O)c1. The quantitative estimate of drug-likeness (QED) is 0.682. The molecule has 3 rings (SSSR count). The highest BCUT2D eigenvalue weighted by molar-refractivity contribution is 5.38. The van der Waals surface area contributed by atoms with Crippen molar-refractivity contribution in [2.75, 3.05) is 7.11 Å². The van der Waals surface area contributed by atoms with Gasteiger partial charge in [-0.2, -0.15) is 0 Å². The maximum Gasteiger partial charge on any atom is 0.331 e. The fourth-order valence-corrected chi connectivity index (χ4v) is 3.39. The number of nitrogens with zero attached hydrogens (tertiary/aromatic N) is 1. The summed E-state index contributed by atoms with van der Waals surface area (Å²) in [5.41, 5.74) is 2.44. The van der Waals surface area contributed by atoms with E-state index in [2.05, 4.69) is 4.98 Å². The predicted octanol–water partition coefficient (Wildman–Crippen LogP) is 4.13. The lowest BCUT2D eigenvalue weighted by Gasteiger charge is -2.19. The Labute approximate surface area is 169 Å². The van der Waals surface area contributed by atoms with Crippen LogP contribution < -0.4 is 20.7 Å². The van der Waals surface area contributed by atoms with Crippen molar-refractivity contribution in [2.45, 2.75) is 40.2 Å². The van der Waals surface area contributed by atoms with Crippen LogP contribution in [0, 0.1) is 13.8 Å². The number of rotatable bonds is 6. The van der Waals surface area contributed by atoms with Crippen LogP contribution in [-0.2, 0) is 6.54 Å². The van der Waals surface area contributed by atoms with Gasteiger partial charge >= 0.3 is 5.69 Å². The van der Waals surface area contributed by atoms with Crippen molar-refractivity contribution in [3.8, 4) is 17.4 Å². The molecule has 0 fully saturated rings. The molecule has 0 aliphatic rings. The second-order valence-corrected chi connectivity index (χ2v) is 7.50. The first-order valence-electron chi connectivity index (χ1n) is 9.54. The number of methoxy groups -OCH3 is 1. The number of aromatic nitrogens is 2. The second kappa shape index (κ2) is 8.39. The molecule has 6 nitrogen and oxygen atoms in total. The topological polar surface area (TPSA) is 73.3 Å². The van der Waals surface area contributed by atoms with Crippen LogP contribution in [0.3, 0.4) is 0 Å². The zero-order valence-electron chi connectivity index (χ0n) is 17.4. The number of ether oxygens (including phenoxy) is 2. The summed E-state index contributed by atoms with van der Waals surface area (Å²) >= 11 is 0. The Morgan fingerprint density at radius 1 is 1.00 bits per heavy atom. The molecule has 0 aliphatic heterocycles. The Balaban J connectivity index is 2.17. The van der Waals surface area contributed by atoms with Gasteiger partial charge < -0.3 is 9.47 Å². The molecule has 6 heteroatoms. The van der Waals surface area contributed by atoms with Crippen LogP contribution in [0.15, 0.2) is 52.1 Å². The average Bonchev–Trinajstić information content (AvgIpc) is 2.63. The average molecular weight is 394 g/mol. The number of hydrogen-bond acceptors (Lipinski definition) is 4. The molecule has 0 saturated heterocycles. The van der Waals surface area contributed by atoms with E-state index in [1.54, 1.807) is 7.11 Å². The van der Waals surface area contributed by atoms with Crippen molar-refractivity contribution < 1.29 is 9.47 Å². The number of benzene rings is 2. The molecule has 0 bridgehead atoms. The molecule has 3 aromatic rings. The third kappa shape index (κ3) is 4.59. The van der Waals surface area contributed by atoms with Crippen molar-refractivity contribution in [1.82, 2.24) is 9.55 Å². The van der Waals surface area contributed by atoms with Crippen LogP contribution in [-0.4, -0.2) is 16.7 Å². The fourth-order valence-electron chi connectivity index (χ4n) is 3.39. The van der Waals surface area contributed by atoms with Crippen molar-refractivity contribution in [2.24, 2.45) is 0 Å². The van der Waals surface area contributed by atoms with E-state index < -0.39 is 11.2 Å². The van der Waals surface area contributed by atoms with Crippen molar-refractivity contribution >= 4 is 0 Å². The van der Waals surface area contributed by atoms with E-state index in [4.69, 9.17) is 9.47 Å². The van der Waals surface area contributed by atoms with Crippen LogP contribution in [0.4, 0.5) is 0 Å². The molecule has 0 spiro atoms. The molecule has 0 unspecified atom stereocenters. The molecule has 152 valence electrons. The summed E-state index contributed by atoms with van der Waals surface area (Å²) in [6.45, 7) is 8.00. The van der Waals surface area contributed by atoms with Gasteiger partial charge in [-0.05, 0) is 60.7 Å². The molecule has 29 heavy (non-hydrogen) atoms. The van der Waals surface area contributed by atoms with Gasteiger partial charge in [-0.15, -0.1) is 0 Å². The lowest BCUT2D eigenvalue weighted by atomic mass is 10.1. The summed E-state index contributed by atoms with van der Waals surface area (Å²) in [7, 11) is 1.59. The first kappa shape index (κ1) is 20.5. The minimum atomic E-state index is -0.512. The van der Waals surface area contributed by atoms with E-state index >= 15 is 0 Å². The maximum atomic E-state index is 12.7. The van der Waals surface area contributed by atoms with E-state index in [0.717, 1.165) is 16.7 Å². The van der Waals surface area contributed by atoms with Crippen molar-refractivity contribution in [3.05, 3.63) is 85.6 Å². The minimum absolute atomic E-state index is 0.128. The van der Waals surface area contributed by atoms with E-state index in [1.807, 2.05) is 70.2 Å². The largest absolute Gasteiger partial charge is 0.497 e. The van der Waals surface area contributed by atoms with Crippen LogP contribution in [0.5, 0.6) is 17.4 Å². The van der Waals surface area contributed by atoms with Gasteiger partial charge in [0.1, 0.15) is 11.5 Å². The Hall–Kier alpha value is -3.28. The summed E-state index contributed by atoms with van der Waals surface area (Å²) < 4.78 is 12.9. The van der Waals surface area contributed by atoms with Gasteiger partial charge in [0, 0.05) is 0 Å². The molecule has 0 atom stereocenters. The van der Waals surface area contributed by atoms with Crippen LogP contribution >= 0.6 is 0 Å².